The molecule has 0 spiro atoms. The Morgan fingerprint density at radius 1 is 1.08 bits per heavy atom. The zero-order valence-electron chi connectivity index (χ0n) is 14.6. The Bertz CT molecular complexity index is 745. The van der Waals surface area contributed by atoms with Crippen LogP contribution >= 0.6 is 0 Å². The summed E-state index contributed by atoms with van der Waals surface area (Å²) in [5.41, 5.74) is 0.314. The summed E-state index contributed by atoms with van der Waals surface area (Å²) in [4.78, 5) is 14.5. The van der Waals surface area contributed by atoms with E-state index in [0.29, 0.717) is 31.6 Å². The molecule has 0 bridgehead atoms. The molecule has 0 atom stereocenters. The Morgan fingerprint density at radius 2 is 1.80 bits per heavy atom. The number of sulfonamides is 1. The number of carbonyl (C=O) groups excluding carboxylic acids is 1. The number of hydrogen-bond donors (Lipinski definition) is 0. The summed E-state index contributed by atoms with van der Waals surface area (Å²) < 4.78 is 40.5. The monoisotopic (exact) mass is 368 g/mol. The molecule has 2 fully saturated rings. The van der Waals surface area contributed by atoms with Crippen molar-refractivity contribution >= 4 is 15.9 Å². The first-order valence-corrected chi connectivity index (χ1v) is 10.4. The maximum Gasteiger partial charge on any atom is 0.243 e. The largest absolute Gasteiger partial charge is 0.341 e. The number of amides is 1. The van der Waals surface area contributed by atoms with Crippen molar-refractivity contribution in [1.29, 1.82) is 0 Å². The van der Waals surface area contributed by atoms with Gasteiger partial charge in [0.2, 0.25) is 15.9 Å². The second-order valence-corrected chi connectivity index (χ2v) is 8.91. The predicted octanol–water partition coefficient (Wildman–Crippen LogP) is 2.55. The van der Waals surface area contributed by atoms with E-state index in [4.69, 9.17) is 0 Å². The molecule has 1 aliphatic carbocycles. The molecule has 1 aliphatic heterocycles. The molecule has 0 aromatic heterocycles. The van der Waals surface area contributed by atoms with Crippen LogP contribution in [-0.2, 0) is 14.8 Å². The molecule has 1 heterocycles. The maximum absolute atomic E-state index is 13.4. The lowest BCUT2D eigenvalue weighted by atomic mass is 10.1. The van der Waals surface area contributed by atoms with Crippen LogP contribution in [0.3, 0.4) is 0 Å². The van der Waals surface area contributed by atoms with E-state index in [1.807, 2.05) is 4.90 Å². The standard InChI is InChI=1S/C18H25FN2O3S/c1-14-13-16(7-8-17(14)19)25(23,24)21-10-4-9-20(11-12-21)18(22)15-5-2-3-6-15/h7-8,13,15H,2-6,9-12H2,1H3. The summed E-state index contributed by atoms with van der Waals surface area (Å²) in [5, 5.41) is 0. The van der Waals surface area contributed by atoms with E-state index in [2.05, 4.69) is 0 Å². The van der Waals surface area contributed by atoms with E-state index in [9.17, 15) is 17.6 Å². The fraction of sp³-hybridized carbons (Fsp3) is 0.611. The molecule has 1 saturated heterocycles. The van der Waals surface area contributed by atoms with Crippen LogP contribution in [0, 0.1) is 18.7 Å². The lowest BCUT2D eigenvalue weighted by Crippen LogP contribution is -2.39. The number of benzene rings is 1. The molecule has 0 unspecified atom stereocenters. The van der Waals surface area contributed by atoms with Crippen molar-refractivity contribution < 1.29 is 17.6 Å². The Labute approximate surface area is 148 Å². The van der Waals surface area contributed by atoms with Crippen LogP contribution in [0.15, 0.2) is 23.1 Å². The Morgan fingerprint density at radius 3 is 2.48 bits per heavy atom. The van der Waals surface area contributed by atoms with Crippen molar-refractivity contribution in [1.82, 2.24) is 9.21 Å². The number of nitrogens with zero attached hydrogens (tertiary/aromatic N) is 2. The minimum atomic E-state index is -3.66. The summed E-state index contributed by atoms with van der Waals surface area (Å²) in [6.45, 7) is 3.25. The van der Waals surface area contributed by atoms with Gasteiger partial charge in [-0.15, -0.1) is 0 Å². The maximum atomic E-state index is 13.4. The van der Waals surface area contributed by atoms with Gasteiger partial charge in [-0.1, -0.05) is 12.8 Å². The first kappa shape index (κ1) is 18.3. The second kappa shape index (κ2) is 7.41. The molecular weight excluding hydrogens is 343 g/mol. The average Bonchev–Trinajstić information content (AvgIpc) is 3.00. The van der Waals surface area contributed by atoms with Gasteiger partial charge in [0.05, 0.1) is 4.90 Å². The van der Waals surface area contributed by atoms with Crippen LogP contribution in [0.2, 0.25) is 0 Å². The van der Waals surface area contributed by atoms with Crippen LogP contribution in [-0.4, -0.2) is 49.7 Å². The number of hydrogen-bond acceptors (Lipinski definition) is 3. The molecule has 2 aliphatic rings. The van der Waals surface area contributed by atoms with E-state index in [1.54, 1.807) is 6.92 Å². The predicted molar refractivity (Wildman–Crippen MR) is 93.1 cm³/mol. The van der Waals surface area contributed by atoms with E-state index < -0.39 is 15.8 Å². The smallest absolute Gasteiger partial charge is 0.243 e. The number of halogens is 1. The summed E-state index contributed by atoms with van der Waals surface area (Å²) >= 11 is 0. The Balaban J connectivity index is 1.71. The van der Waals surface area contributed by atoms with E-state index in [-0.39, 0.29) is 23.3 Å². The molecule has 25 heavy (non-hydrogen) atoms. The van der Waals surface area contributed by atoms with Gasteiger partial charge in [0, 0.05) is 32.1 Å². The van der Waals surface area contributed by atoms with Gasteiger partial charge in [0.25, 0.3) is 0 Å². The summed E-state index contributed by atoms with van der Waals surface area (Å²) in [6, 6.07) is 3.87. The highest BCUT2D eigenvalue weighted by Crippen LogP contribution is 2.27. The molecule has 5 nitrogen and oxygen atoms in total. The highest BCUT2D eigenvalue weighted by Gasteiger charge is 2.31. The van der Waals surface area contributed by atoms with Crippen molar-refractivity contribution in [3.63, 3.8) is 0 Å². The van der Waals surface area contributed by atoms with Crippen LogP contribution in [0.4, 0.5) is 4.39 Å². The van der Waals surface area contributed by atoms with Crippen molar-refractivity contribution in [2.75, 3.05) is 26.2 Å². The van der Waals surface area contributed by atoms with Gasteiger partial charge < -0.3 is 4.90 Å². The third kappa shape index (κ3) is 3.87. The fourth-order valence-electron chi connectivity index (χ4n) is 3.71. The molecule has 0 radical (unpaired) electrons. The highest BCUT2D eigenvalue weighted by molar-refractivity contribution is 7.89. The SMILES string of the molecule is Cc1cc(S(=O)(=O)N2CCCN(C(=O)C3CCCC3)CC2)ccc1F. The Hall–Kier alpha value is -1.47. The zero-order chi connectivity index (χ0) is 18.0. The van der Waals surface area contributed by atoms with E-state index in [1.165, 1.54) is 22.5 Å². The minimum absolute atomic E-state index is 0.113. The molecule has 1 amide bonds. The lowest BCUT2D eigenvalue weighted by Gasteiger charge is -2.24. The van der Waals surface area contributed by atoms with Gasteiger partial charge in [-0.05, 0) is 49.9 Å². The van der Waals surface area contributed by atoms with Crippen LogP contribution in [0.1, 0.15) is 37.7 Å². The third-order valence-corrected chi connectivity index (χ3v) is 7.13. The first-order valence-electron chi connectivity index (χ1n) is 8.94. The topological polar surface area (TPSA) is 57.7 Å². The van der Waals surface area contributed by atoms with Crippen molar-refractivity contribution in [2.24, 2.45) is 5.92 Å². The molecule has 0 N–H and O–H groups in total. The van der Waals surface area contributed by atoms with Crippen molar-refractivity contribution in [3.8, 4) is 0 Å². The van der Waals surface area contributed by atoms with Crippen LogP contribution < -0.4 is 0 Å². The molecule has 1 aromatic carbocycles. The summed E-state index contributed by atoms with van der Waals surface area (Å²) in [6.07, 6.45) is 4.74. The molecule has 1 aromatic rings. The number of carbonyl (C=O) groups is 1. The molecule has 138 valence electrons. The second-order valence-electron chi connectivity index (χ2n) is 6.98. The van der Waals surface area contributed by atoms with Gasteiger partial charge in [0.15, 0.2) is 0 Å². The minimum Gasteiger partial charge on any atom is -0.341 e. The number of aryl methyl sites for hydroxylation is 1. The van der Waals surface area contributed by atoms with E-state index >= 15 is 0 Å². The van der Waals surface area contributed by atoms with Crippen LogP contribution in [0.25, 0.3) is 0 Å². The third-order valence-electron chi connectivity index (χ3n) is 5.24. The quantitative estimate of drug-likeness (QED) is 0.824. The molecule has 7 heteroatoms. The highest BCUT2D eigenvalue weighted by atomic mass is 32.2. The fourth-order valence-corrected chi connectivity index (χ4v) is 5.27. The number of rotatable bonds is 3. The van der Waals surface area contributed by atoms with Gasteiger partial charge in [-0.25, -0.2) is 12.8 Å². The summed E-state index contributed by atoms with van der Waals surface area (Å²) in [7, 11) is -3.66. The zero-order valence-corrected chi connectivity index (χ0v) is 15.4. The normalized spacial score (nSPS) is 20.6. The van der Waals surface area contributed by atoms with Crippen LogP contribution in [0.5, 0.6) is 0 Å². The Kier molecular flexibility index (Phi) is 5.43. The molecular formula is C18H25FN2O3S. The lowest BCUT2D eigenvalue weighted by molar-refractivity contribution is -0.135. The van der Waals surface area contributed by atoms with Gasteiger partial charge >= 0.3 is 0 Å². The summed E-state index contributed by atoms with van der Waals surface area (Å²) in [5.74, 6) is -0.125. The van der Waals surface area contributed by atoms with E-state index in [0.717, 1.165) is 25.7 Å². The van der Waals surface area contributed by atoms with Gasteiger partial charge in [-0.3, -0.25) is 4.79 Å². The molecule has 1 saturated carbocycles. The van der Waals surface area contributed by atoms with Gasteiger partial charge in [0.1, 0.15) is 5.82 Å². The van der Waals surface area contributed by atoms with Crippen molar-refractivity contribution in [2.45, 2.75) is 43.9 Å². The molecule has 3 rings (SSSR count). The van der Waals surface area contributed by atoms with Gasteiger partial charge in [-0.2, -0.15) is 4.31 Å². The average molecular weight is 368 g/mol. The first-order chi connectivity index (χ1) is 11.9. The van der Waals surface area contributed by atoms with Crippen molar-refractivity contribution in [3.05, 3.63) is 29.6 Å².